The Balaban J connectivity index is 1.92. The van der Waals surface area contributed by atoms with Crippen molar-refractivity contribution >= 4 is 28.9 Å². The summed E-state index contributed by atoms with van der Waals surface area (Å²) in [4.78, 5) is 34.1. The number of benzene rings is 2. The van der Waals surface area contributed by atoms with E-state index in [1.807, 2.05) is 0 Å². The predicted molar refractivity (Wildman–Crippen MR) is 106 cm³/mol. The Morgan fingerprint density at radius 1 is 1.12 bits per heavy atom. The van der Waals surface area contributed by atoms with Crippen LogP contribution in [0, 0.1) is 17.0 Å². The average molecular weight is 448 g/mol. The monoisotopic (exact) mass is 448 g/mol. The standard InChI is InChI=1S/C19H15F3N6O4/c1-10-17(25-26-27(10)13-4-3-5-14(9-13)28(31)32)18(30)24-16-7-6-12(23-11(2)29)8-15(16)19(20,21)22/h3-9H,1-2H3,(H,23,29)(H,24,30). The van der Waals surface area contributed by atoms with Gasteiger partial charge in [0, 0.05) is 24.7 Å². The molecule has 10 nitrogen and oxygen atoms in total. The molecule has 0 aliphatic rings. The van der Waals surface area contributed by atoms with Crippen molar-refractivity contribution in [3.05, 3.63) is 69.5 Å². The molecule has 13 heteroatoms. The van der Waals surface area contributed by atoms with Crippen LogP contribution in [0.4, 0.5) is 30.2 Å². The lowest BCUT2D eigenvalue weighted by Gasteiger charge is -2.15. The van der Waals surface area contributed by atoms with E-state index in [2.05, 4.69) is 20.9 Å². The zero-order valence-corrected chi connectivity index (χ0v) is 16.6. The molecule has 3 aromatic rings. The average Bonchev–Trinajstić information content (AvgIpc) is 3.09. The lowest BCUT2D eigenvalue weighted by molar-refractivity contribution is -0.384. The first kappa shape index (κ1) is 22.4. The number of anilines is 2. The van der Waals surface area contributed by atoms with E-state index in [-0.39, 0.29) is 28.5 Å². The molecule has 166 valence electrons. The maximum absolute atomic E-state index is 13.5. The minimum Gasteiger partial charge on any atom is -0.326 e. The summed E-state index contributed by atoms with van der Waals surface area (Å²) in [5, 5.41) is 22.8. The summed E-state index contributed by atoms with van der Waals surface area (Å²) in [6.45, 7) is 2.59. The van der Waals surface area contributed by atoms with Gasteiger partial charge in [0.05, 0.1) is 27.6 Å². The van der Waals surface area contributed by atoms with Gasteiger partial charge >= 0.3 is 6.18 Å². The topological polar surface area (TPSA) is 132 Å². The van der Waals surface area contributed by atoms with Gasteiger partial charge in [-0.05, 0) is 31.2 Å². The second-order valence-corrected chi connectivity index (χ2v) is 6.61. The first-order valence-corrected chi connectivity index (χ1v) is 8.94. The van der Waals surface area contributed by atoms with E-state index in [1.165, 1.54) is 37.3 Å². The van der Waals surface area contributed by atoms with Gasteiger partial charge in [0.2, 0.25) is 5.91 Å². The Hall–Kier alpha value is -4.29. The number of aromatic nitrogens is 3. The van der Waals surface area contributed by atoms with Crippen molar-refractivity contribution in [1.29, 1.82) is 0 Å². The molecule has 3 rings (SSSR count). The lowest BCUT2D eigenvalue weighted by Crippen LogP contribution is -2.18. The number of carbonyl (C=O) groups is 2. The van der Waals surface area contributed by atoms with Crippen LogP contribution in [-0.2, 0) is 11.0 Å². The molecule has 0 saturated heterocycles. The van der Waals surface area contributed by atoms with Crippen molar-refractivity contribution < 1.29 is 27.7 Å². The number of halogens is 3. The second kappa shape index (κ2) is 8.45. The maximum Gasteiger partial charge on any atom is 0.418 e. The van der Waals surface area contributed by atoms with E-state index in [9.17, 15) is 32.9 Å². The van der Waals surface area contributed by atoms with E-state index in [0.29, 0.717) is 6.07 Å². The highest BCUT2D eigenvalue weighted by Crippen LogP contribution is 2.37. The number of alkyl halides is 3. The molecular formula is C19H15F3N6O4. The van der Waals surface area contributed by atoms with Gasteiger partial charge in [-0.15, -0.1) is 5.10 Å². The molecule has 0 unspecified atom stereocenters. The summed E-state index contributed by atoms with van der Waals surface area (Å²) >= 11 is 0. The summed E-state index contributed by atoms with van der Waals surface area (Å²) in [7, 11) is 0. The molecule has 0 aliphatic heterocycles. The SMILES string of the molecule is CC(=O)Nc1ccc(NC(=O)c2nnn(-c3cccc([N+](=O)[O-])c3)c2C)c(C(F)(F)F)c1. The van der Waals surface area contributed by atoms with Crippen molar-refractivity contribution in [2.24, 2.45) is 0 Å². The fourth-order valence-corrected chi connectivity index (χ4v) is 2.87. The number of rotatable bonds is 5. The number of hydrogen-bond acceptors (Lipinski definition) is 6. The van der Waals surface area contributed by atoms with E-state index < -0.39 is 34.2 Å². The Morgan fingerprint density at radius 2 is 1.84 bits per heavy atom. The molecule has 0 radical (unpaired) electrons. The van der Waals surface area contributed by atoms with E-state index in [4.69, 9.17) is 0 Å². The first-order valence-electron chi connectivity index (χ1n) is 8.94. The van der Waals surface area contributed by atoms with Crippen molar-refractivity contribution in [2.45, 2.75) is 20.0 Å². The van der Waals surface area contributed by atoms with Crippen molar-refractivity contribution in [2.75, 3.05) is 10.6 Å². The molecule has 0 spiro atoms. The van der Waals surface area contributed by atoms with Crippen molar-refractivity contribution in [3.8, 4) is 5.69 Å². The van der Waals surface area contributed by atoms with Gasteiger partial charge in [-0.1, -0.05) is 11.3 Å². The van der Waals surface area contributed by atoms with Crippen LogP contribution in [0.2, 0.25) is 0 Å². The van der Waals surface area contributed by atoms with Gasteiger partial charge in [-0.2, -0.15) is 13.2 Å². The van der Waals surface area contributed by atoms with E-state index >= 15 is 0 Å². The molecule has 0 fully saturated rings. The van der Waals surface area contributed by atoms with Gasteiger partial charge in [-0.25, -0.2) is 4.68 Å². The van der Waals surface area contributed by atoms with Gasteiger partial charge < -0.3 is 10.6 Å². The van der Waals surface area contributed by atoms with Gasteiger partial charge in [0.15, 0.2) is 5.69 Å². The minimum absolute atomic E-state index is 0.0874. The quantitative estimate of drug-likeness (QED) is 0.452. The highest BCUT2D eigenvalue weighted by molar-refractivity contribution is 6.04. The van der Waals surface area contributed by atoms with E-state index in [0.717, 1.165) is 17.7 Å². The van der Waals surface area contributed by atoms with Crippen molar-refractivity contribution in [1.82, 2.24) is 15.0 Å². The van der Waals surface area contributed by atoms with Gasteiger partial charge in [0.1, 0.15) is 0 Å². The largest absolute Gasteiger partial charge is 0.418 e. The normalized spacial score (nSPS) is 11.2. The molecule has 32 heavy (non-hydrogen) atoms. The third-order valence-corrected chi connectivity index (χ3v) is 4.29. The second-order valence-electron chi connectivity index (χ2n) is 6.61. The molecule has 2 N–H and O–H groups in total. The van der Waals surface area contributed by atoms with Crippen LogP contribution in [-0.4, -0.2) is 31.7 Å². The molecule has 0 bridgehead atoms. The number of amides is 2. The third-order valence-electron chi connectivity index (χ3n) is 4.29. The highest BCUT2D eigenvalue weighted by Gasteiger charge is 2.35. The molecule has 1 aromatic heterocycles. The highest BCUT2D eigenvalue weighted by atomic mass is 19.4. The van der Waals surface area contributed by atoms with Crippen LogP contribution in [0.25, 0.3) is 5.69 Å². The van der Waals surface area contributed by atoms with Crippen LogP contribution in [0.5, 0.6) is 0 Å². The van der Waals surface area contributed by atoms with Crippen LogP contribution in [0.15, 0.2) is 42.5 Å². The summed E-state index contributed by atoms with van der Waals surface area (Å²) in [5.74, 6) is -1.51. The number of hydrogen-bond donors (Lipinski definition) is 2. The molecule has 2 amide bonds. The number of carbonyl (C=O) groups excluding carboxylic acids is 2. The Kier molecular flexibility index (Phi) is 5.91. The summed E-state index contributed by atoms with van der Waals surface area (Å²) < 4.78 is 41.6. The first-order chi connectivity index (χ1) is 15.0. The lowest BCUT2D eigenvalue weighted by atomic mass is 10.1. The van der Waals surface area contributed by atoms with Crippen LogP contribution in [0.1, 0.15) is 28.7 Å². The third kappa shape index (κ3) is 4.71. The molecule has 2 aromatic carbocycles. The summed E-state index contributed by atoms with van der Waals surface area (Å²) in [5.41, 5.74) is -1.87. The summed E-state index contributed by atoms with van der Waals surface area (Å²) in [6.07, 6.45) is -4.81. The van der Waals surface area contributed by atoms with Crippen LogP contribution >= 0.6 is 0 Å². The number of non-ortho nitro benzene ring substituents is 1. The van der Waals surface area contributed by atoms with Gasteiger partial charge in [-0.3, -0.25) is 19.7 Å². The molecule has 1 heterocycles. The molecule has 0 atom stereocenters. The summed E-state index contributed by atoms with van der Waals surface area (Å²) in [6, 6.07) is 8.31. The van der Waals surface area contributed by atoms with Crippen LogP contribution in [0.3, 0.4) is 0 Å². The number of nitrogens with zero attached hydrogens (tertiary/aromatic N) is 4. The maximum atomic E-state index is 13.5. The Labute approximate surface area is 178 Å². The van der Waals surface area contributed by atoms with Crippen molar-refractivity contribution in [3.63, 3.8) is 0 Å². The number of nitro groups is 1. The zero-order chi connectivity index (χ0) is 23.6. The Bertz CT molecular complexity index is 1220. The molecule has 0 aliphatic carbocycles. The smallest absolute Gasteiger partial charge is 0.326 e. The van der Waals surface area contributed by atoms with Gasteiger partial charge in [0.25, 0.3) is 11.6 Å². The predicted octanol–water partition coefficient (Wildman–Crippen LogP) is 3.71. The number of nitrogens with one attached hydrogen (secondary N) is 2. The zero-order valence-electron chi connectivity index (χ0n) is 16.6. The fourth-order valence-electron chi connectivity index (χ4n) is 2.87. The van der Waals surface area contributed by atoms with E-state index in [1.54, 1.807) is 0 Å². The number of nitro benzene ring substituents is 1. The fraction of sp³-hybridized carbons (Fsp3) is 0.158. The molecular weight excluding hydrogens is 433 g/mol. The Morgan fingerprint density at radius 3 is 2.47 bits per heavy atom. The van der Waals surface area contributed by atoms with Crippen LogP contribution < -0.4 is 10.6 Å². The molecule has 0 saturated carbocycles. The minimum atomic E-state index is -4.81.